The Balaban J connectivity index is 1.43. The van der Waals surface area contributed by atoms with E-state index in [1.807, 2.05) is 43.6 Å². The average molecular weight is 456 g/mol. The molecule has 1 saturated carbocycles. The third-order valence-electron chi connectivity index (χ3n) is 7.04. The van der Waals surface area contributed by atoms with Gasteiger partial charge < -0.3 is 10.2 Å². The third kappa shape index (κ3) is 4.42. The molecule has 2 aromatic heterocycles. The van der Waals surface area contributed by atoms with E-state index < -0.39 is 0 Å². The minimum absolute atomic E-state index is 0.104. The number of piperazine rings is 1. The monoisotopic (exact) mass is 455 g/mol. The van der Waals surface area contributed by atoms with Gasteiger partial charge in [-0.25, -0.2) is 9.97 Å². The number of benzene rings is 1. The van der Waals surface area contributed by atoms with E-state index in [2.05, 4.69) is 33.3 Å². The maximum atomic E-state index is 13.1. The molecule has 2 fully saturated rings. The van der Waals surface area contributed by atoms with Crippen molar-refractivity contribution in [3.63, 3.8) is 0 Å². The van der Waals surface area contributed by atoms with Crippen molar-refractivity contribution in [1.82, 2.24) is 25.2 Å². The zero-order valence-electron chi connectivity index (χ0n) is 19.7. The number of nitrogens with one attached hydrogen (secondary N) is 1. The molecule has 0 spiro atoms. The van der Waals surface area contributed by atoms with E-state index in [1.165, 1.54) is 5.56 Å². The first-order chi connectivity index (χ1) is 16.5. The van der Waals surface area contributed by atoms with Gasteiger partial charge in [-0.3, -0.25) is 14.6 Å². The van der Waals surface area contributed by atoms with Gasteiger partial charge in [0.05, 0.1) is 12.2 Å². The van der Waals surface area contributed by atoms with Crippen LogP contribution < -0.4 is 5.32 Å². The molecule has 0 unspecified atom stereocenters. The molecule has 1 aromatic carbocycles. The summed E-state index contributed by atoms with van der Waals surface area (Å²) in [5.74, 6) is 0.494. The molecule has 7 nitrogen and oxygen atoms in total. The van der Waals surface area contributed by atoms with Crippen molar-refractivity contribution < 1.29 is 9.59 Å². The van der Waals surface area contributed by atoms with Gasteiger partial charge in [-0.2, -0.15) is 0 Å². The number of carbonyl (C=O) groups excluding carboxylic acids is 2. The summed E-state index contributed by atoms with van der Waals surface area (Å²) in [6, 6.07) is 9.99. The molecule has 174 valence electrons. The first-order valence-electron chi connectivity index (χ1n) is 11.9. The van der Waals surface area contributed by atoms with E-state index in [0.29, 0.717) is 30.9 Å². The van der Waals surface area contributed by atoms with E-state index in [9.17, 15) is 9.59 Å². The third-order valence-corrected chi connectivity index (χ3v) is 7.04. The molecule has 34 heavy (non-hydrogen) atoms. The van der Waals surface area contributed by atoms with Crippen molar-refractivity contribution in [1.29, 1.82) is 0 Å². The first-order valence-corrected chi connectivity index (χ1v) is 11.9. The molecular weight excluding hydrogens is 426 g/mol. The Hall–Kier alpha value is -3.61. The Morgan fingerprint density at radius 1 is 1.12 bits per heavy atom. The molecule has 2 aliphatic rings. The van der Waals surface area contributed by atoms with E-state index in [0.717, 1.165) is 41.6 Å². The van der Waals surface area contributed by atoms with Crippen LogP contribution >= 0.6 is 0 Å². The van der Waals surface area contributed by atoms with E-state index in [-0.39, 0.29) is 23.8 Å². The largest absolute Gasteiger partial charge is 0.353 e. The van der Waals surface area contributed by atoms with Crippen LogP contribution in [0.3, 0.4) is 0 Å². The zero-order chi connectivity index (χ0) is 23.7. The quantitative estimate of drug-likeness (QED) is 0.615. The van der Waals surface area contributed by atoms with E-state index >= 15 is 0 Å². The van der Waals surface area contributed by atoms with Crippen LogP contribution in [0.1, 0.15) is 59.1 Å². The van der Waals surface area contributed by atoms with E-state index in [4.69, 9.17) is 0 Å². The smallest absolute Gasteiger partial charge is 0.254 e. The second-order valence-electron chi connectivity index (χ2n) is 9.37. The fourth-order valence-corrected chi connectivity index (χ4v) is 4.79. The summed E-state index contributed by atoms with van der Waals surface area (Å²) < 4.78 is 0. The predicted molar refractivity (Wildman–Crippen MR) is 129 cm³/mol. The molecule has 3 aromatic rings. The number of carbonyl (C=O) groups is 2. The summed E-state index contributed by atoms with van der Waals surface area (Å²) in [5, 5.41) is 2.77. The molecule has 0 radical (unpaired) electrons. The summed E-state index contributed by atoms with van der Waals surface area (Å²) in [6.07, 6.45) is 9.37. The number of aryl methyl sites for hydroxylation is 1. The van der Waals surface area contributed by atoms with Gasteiger partial charge in [0.25, 0.3) is 5.91 Å². The summed E-state index contributed by atoms with van der Waals surface area (Å²) >= 11 is 0. The van der Waals surface area contributed by atoms with Crippen LogP contribution in [0.4, 0.5) is 0 Å². The highest BCUT2D eigenvalue weighted by Crippen LogP contribution is 2.52. The molecule has 7 heteroatoms. The normalized spacial score (nSPS) is 16.8. The van der Waals surface area contributed by atoms with Gasteiger partial charge >= 0.3 is 0 Å². The van der Waals surface area contributed by atoms with Crippen molar-refractivity contribution in [2.75, 3.05) is 19.6 Å². The van der Waals surface area contributed by atoms with Crippen LogP contribution in [0.2, 0.25) is 0 Å². The first kappa shape index (κ1) is 22.2. The van der Waals surface area contributed by atoms with Crippen molar-refractivity contribution >= 4 is 11.8 Å². The molecule has 0 bridgehead atoms. The molecule has 0 atom stereocenters. The summed E-state index contributed by atoms with van der Waals surface area (Å²) in [6.45, 7) is 5.38. The van der Waals surface area contributed by atoms with Crippen molar-refractivity contribution in [2.24, 2.45) is 0 Å². The SMILES string of the molecule is CCC1(c2ccc(C(=O)N3CCNC(=O)C3)cc2Cc2ncc(-c3cc(C)ccn3)cn2)CC1. The van der Waals surface area contributed by atoms with Gasteiger partial charge in [-0.15, -0.1) is 0 Å². The maximum absolute atomic E-state index is 13.1. The Morgan fingerprint density at radius 2 is 1.91 bits per heavy atom. The van der Waals surface area contributed by atoms with Gasteiger partial charge in [0.15, 0.2) is 0 Å². The number of rotatable bonds is 6. The van der Waals surface area contributed by atoms with Crippen LogP contribution in [-0.4, -0.2) is 51.3 Å². The second-order valence-corrected chi connectivity index (χ2v) is 9.37. The Kier molecular flexibility index (Phi) is 5.86. The van der Waals surface area contributed by atoms with Crippen molar-refractivity contribution in [3.05, 3.63) is 77.0 Å². The topological polar surface area (TPSA) is 88.1 Å². The lowest BCUT2D eigenvalue weighted by atomic mass is 9.86. The molecule has 3 heterocycles. The molecule has 5 rings (SSSR count). The van der Waals surface area contributed by atoms with Crippen LogP contribution in [0, 0.1) is 6.92 Å². The number of hydrogen-bond acceptors (Lipinski definition) is 5. The van der Waals surface area contributed by atoms with Gasteiger partial charge in [0.2, 0.25) is 5.91 Å². The Labute approximate surface area is 199 Å². The van der Waals surface area contributed by atoms with Gasteiger partial charge in [-0.1, -0.05) is 13.0 Å². The standard InChI is InChI=1S/C27H29N5O2/c1-3-27(7-8-27)22-5-4-19(26(34)32-11-10-29-25(33)17-32)13-20(22)14-24-30-15-21(16-31-24)23-12-18(2)6-9-28-23/h4-6,9,12-13,15-16H,3,7-8,10-11,14,17H2,1-2H3,(H,29,33). The highest BCUT2D eigenvalue weighted by atomic mass is 16.2. The molecule has 1 aliphatic carbocycles. The molecule has 1 saturated heterocycles. The van der Waals surface area contributed by atoms with Crippen LogP contribution in [0.15, 0.2) is 48.9 Å². The van der Waals surface area contributed by atoms with Crippen LogP contribution in [0.5, 0.6) is 0 Å². The fraction of sp³-hybridized carbons (Fsp3) is 0.370. The predicted octanol–water partition coefficient (Wildman–Crippen LogP) is 3.45. The number of aromatic nitrogens is 3. The number of amides is 2. The highest BCUT2D eigenvalue weighted by Gasteiger charge is 2.43. The second kappa shape index (κ2) is 8.97. The van der Waals surface area contributed by atoms with Crippen LogP contribution in [0.25, 0.3) is 11.3 Å². The zero-order valence-corrected chi connectivity index (χ0v) is 19.7. The summed E-state index contributed by atoms with van der Waals surface area (Å²) in [7, 11) is 0. The Bertz CT molecular complexity index is 1230. The van der Waals surface area contributed by atoms with E-state index in [1.54, 1.807) is 11.1 Å². The van der Waals surface area contributed by atoms with Crippen LogP contribution in [-0.2, 0) is 16.6 Å². The maximum Gasteiger partial charge on any atom is 0.254 e. The van der Waals surface area contributed by atoms with Gasteiger partial charge in [0, 0.05) is 49.2 Å². The molecule has 2 amide bonds. The van der Waals surface area contributed by atoms with Crippen molar-refractivity contribution in [3.8, 4) is 11.3 Å². The number of nitrogens with zero attached hydrogens (tertiary/aromatic N) is 4. The minimum Gasteiger partial charge on any atom is -0.353 e. The summed E-state index contributed by atoms with van der Waals surface area (Å²) in [5.41, 5.74) is 6.05. The van der Waals surface area contributed by atoms with Gasteiger partial charge in [0.1, 0.15) is 5.82 Å². The summed E-state index contributed by atoms with van der Waals surface area (Å²) in [4.78, 5) is 40.2. The molecular formula is C27H29N5O2. The van der Waals surface area contributed by atoms with Gasteiger partial charge in [-0.05, 0) is 72.6 Å². The lowest BCUT2D eigenvalue weighted by molar-refractivity contribution is -0.123. The minimum atomic E-state index is -0.115. The number of pyridine rings is 1. The lowest BCUT2D eigenvalue weighted by Gasteiger charge is -2.27. The fourth-order valence-electron chi connectivity index (χ4n) is 4.79. The number of hydrogen-bond donors (Lipinski definition) is 1. The molecule has 1 aliphatic heterocycles. The average Bonchev–Trinajstić information content (AvgIpc) is 3.65. The molecule has 1 N–H and O–H groups in total. The Morgan fingerprint density at radius 3 is 2.59 bits per heavy atom. The highest BCUT2D eigenvalue weighted by molar-refractivity contribution is 5.97. The van der Waals surface area contributed by atoms with Crippen molar-refractivity contribution in [2.45, 2.75) is 44.9 Å². The lowest BCUT2D eigenvalue weighted by Crippen LogP contribution is -2.50.